The molecule has 0 aliphatic rings. The molecule has 6 heteroatoms. The van der Waals surface area contributed by atoms with Crippen molar-refractivity contribution in [1.82, 2.24) is 10.3 Å². The number of rotatable bonds is 5. The van der Waals surface area contributed by atoms with E-state index < -0.39 is 6.03 Å². The number of primary amides is 1. The first-order valence-electron chi connectivity index (χ1n) is 6.65. The average molecular weight is 296 g/mol. The van der Waals surface area contributed by atoms with Crippen molar-refractivity contribution in [3.05, 3.63) is 66.0 Å². The molecule has 0 spiro atoms. The van der Waals surface area contributed by atoms with Crippen LogP contribution >= 0.6 is 0 Å². The molecule has 3 amide bonds. The van der Waals surface area contributed by atoms with Crippen molar-refractivity contribution in [3.63, 3.8) is 0 Å². The summed E-state index contributed by atoms with van der Waals surface area (Å²) in [6, 6.07) is 10.1. The SMILES string of the molecule is NC(=O)Nc1ccc(CNC(=O)/C=C/c2cccnc2)cc1. The van der Waals surface area contributed by atoms with Gasteiger partial charge in [0, 0.05) is 30.7 Å². The minimum atomic E-state index is -0.610. The highest BCUT2D eigenvalue weighted by atomic mass is 16.2. The molecule has 0 atom stereocenters. The Morgan fingerprint density at radius 1 is 1.18 bits per heavy atom. The van der Waals surface area contributed by atoms with E-state index in [1.807, 2.05) is 6.07 Å². The zero-order valence-electron chi connectivity index (χ0n) is 11.8. The fraction of sp³-hybridized carbons (Fsp3) is 0.0625. The molecule has 4 N–H and O–H groups in total. The van der Waals surface area contributed by atoms with Crippen LogP contribution in [-0.4, -0.2) is 16.9 Å². The maximum atomic E-state index is 11.7. The summed E-state index contributed by atoms with van der Waals surface area (Å²) in [5.74, 6) is -0.191. The number of pyridine rings is 1. The smallest absolute Gasteiger partial charge is 0.316 e. The summed E-state index contributed by atoms with van der Waals surface area (Å²) in [4.78, 5) is 26.4. The van der Waals surface area contributed by atoms with E-state index in [4.69, 9.17) is 5.73 Å². The van der Waals surface area contributed by atoms with Crippen LogP contribution in [0.4, 0.5) is 10.5 Å². The van der Waals surface area contributed by atoms with E-state index in [9.17, 15) is 9.59 Å². The lowest BCUT2D eigenvalue weighted by Gasteiger charge is -2.05. The highest BCUT2D eigenvalue weighted by Gasteiger charge is 1.99. The largest absolute Gasteiger partial charge is 0.351 e. The maximum Gasteiger partial charge on any atom is 0.316 e. The monoisotopic (exact) mass is 296 g/mol. The molecule has 2 aromatic rings. The fourth-order valence-corrected chi connectivity index (χ4v) is 1.74. The lowest BCUT2D eigenvalue weighted by molar-refractivity contribution is -0.116. The highest BCUT2D eigenvalue weighted by Crippen LogP contribution is 2.09. The van der Waals surface area contributed by atoms with Gasteiger partial charge in [0.2, 0.25) is 5.91 Å². The molecule has 1 heterocycles. The summed E-state index contributed by atoms with van der Waals surface area (Å²) in [6.45, 7) is 0.396. The number of nitrogens with two attached hydrogens (primary N) is 1. The van der Waals surface area contributed by atoms with Crippen molar-refractivity contribution in [1.29, 1.82) is 0 Å². The van der Waals surface area contributed by atoms with Gasteiger partial charge in [-0.3, -0.25) is 9.78 Å². The van der Waals surface area contributed by atoms with Crippen molar-refractivity contribution in [2.75, 3.05) is 5.32 Å². The molecule has 0 aliphatic carbocycles. The van der Waals surface area contributed by atoms with Gasteiger partial charge in [-0.15, -0.1) is 0 Å². The fourth-order valence-electron chi connectivity index (χ4n) is 1.74. The normalized spacial score (nSPS) is 10.4. The standard InChI is InChI=1S/C16H16N4O2/c17-16(22)20-14-6-3-13(4-7-14)11-19-15(21)8-5-12-2-1-9-18-10-12/h1-10H,11H2,(H,19,21)(H3,17,20,22)/b8-5+. The molecule has 0 aliphatic heterocycles. The molecule has 0 saturated carbocycles. The van der Waals surface area contributed by atoms with Gasteiger partial charge in [-0.05, 0) is 35.4 Å². The Balaban J connectivity index is 1.83. The van der Waals surface area contributed by atoms with E-state index in [2.05, 4.69) is 15.6 Å². The third-order valence-electron chi connectivity index (χ3n) is 2.80. The number of nitrogens with one attached hydrogen (secondary N) is 2. The van der Waals surface area contributed by atoms with Crippen molar-refractivity contribution in [2.45, 2.75) is 6.54 Å². The molecule has 0 fully saturated rings. The lowest BCUT2D eigenvalue weighted by atomic mass is 10.2. The molecule has 2 rings (SSSR count). The van der Waals surface area contributed by atoms with Gasteiger partial charge in [-0.1, -0.05) is 18.2 Å². The van der Waals surface area contributed by atoms with Crippen molar-refractivity contribution in [3.8, 4) is 0 Å². The van der Waals surface area contributed by atoms with Crippen LogP contribution in [-0.2, 0) is 11.3 Å². The Bertz CT molecular complexity index is 666. The van der Waals surface area contributed by atoms with Crippen LogP contribution in [0.3, 0.4) is 0 Å². The molecular weight excluding hydrogens is 280 g/mol. The van der Waals surface area contributed by atoms with E-state index in [1.165, 1.54) is 6.08 Å². The van der Waals surface area contributed by atoms with E-state index in [1.54, 1.807) is 48.8 Å². The van der Waals surface area contributed by atoms with Gasteiger partial charge >= 0.3 is 6.03 Å². The van der Waals surface area contributed by atoms with Gasteiger partial charge in [0.15, 0.2) is 0 Å². The molecule has 0 unspecified atom stereocenters. The number of urea groups is 1. The summed E-state index contributed by atoms with van der Waals surface area (Å²) >= 11 is 0. The number of hydrogen-bond donors (Lipinski definition) is 3. The van der Waals surface area contributed by atoms with Gasteiger partial charge < -0.3 is 16.4 Å². The van der Waals surface area contributed by atoms with E-state index in [0.29, 0.717) is 12.2 Å². The van der Waals surface area contributed by atoms with Gasteiger partial charge in [0.05, 0.1) is 0 Å². The number of carbonyl (C=O) groups is 2. The van der Waals surface area contributed by atoms with Crippen LogP contribution in [0.5, 0.6) is 0 Å². The molecule has 1 aromatic heterocycles. The van der Waals surface area contributed by atoms with E-state index >= 15 is 0 Å². The van der Waals surface area contributed by atoms with Crippen LogP contribution in [0, 0.1) is 0 Å². The molecule has 0 radical (unpaired) electrons. The second-order valence-electron chi connectivity index (χ2n) is 4.52. The Hall–Kier alpha value is -3.15. The van der Waals surface area contributed by atoms with Crippen molar-refractivity contribution in [2.24, 2.45) is 5.73 Å². The first kappa shape index (κ1) is 15.2. The molecule has 6 nitrogen and oxygen atoms in total. The van der Waals surface area contributed by atoms with Crippen LogP contribution in [0.1, 0.15) is 11.1 Å². The average Bonchev–Trinajstić information content (AvgIpc) is 2.53. The topological polar surface area (TPSA) is 97.1 Å². The predicted molar refractivity (Wildman–Crippen MR) is 84.8 cm³/mol. The quantitative estimate of drug-likeness (QED) is 0.735. The van der Waals surface area contributed by atoms with Crippen molar-refractivity contribution < 1.29 is 9.59 Å². The van der Waals surface area contributed by atoms with Crippen LogP contribution < -0.4 is 16.4 Å². The van der Waals surface area contributed by atoms with Crippen LogP contribution in [0.25, 0.3) is 6.08 Å². The van der Waals surface area contributed by atoms with Gasteiger partial charge in [0.25, 0.3) is 0 Å². The van der Waals surface area contributed by atoms with Gasteiger partial charge in [-0.2, -0.15) is 0 Å². The van der Waals surface area contributed by atoms with E-state index in [0.717, 1.165) is 11.1 Å². The third kappa shape index (κ3) is 5.09. The Morgan fingerprint density at radius 3 is 2.59 bits per heavy atom. The highest BCUT2D eigenvalue weighted by molar-refractivity contribution is 5.91. The maximum absolute atomic E-state index is 11.7. The van der Waals surface area contributed by atoms with Gasteiger partial charge in [-0.25, -0.2) is 4.79 Å². The number of nitrogens with zero attached hydrogens (tertiary/aromatic N) is 1. The number of benzene rings is 1. The molecular formula is C16H16N4O2. The molecule has 1 aromatic carbocycles. The number of carbonyl (C=O) groups excluding carboxylic acids is 2. The summed E-state index contributed by atoms with van der Waals surface area (Å²) in [5.41, 5.74) is 7.41. The minimum Gasteiger partial charge on any atom is -0.351 e. The third-order valence-corrected chi connectivity index (χ3v) is 2.80. The summed E-state index contributed by atoms with van der Waals surface area (Å²) in [7, 11) is 0. The summed E-state index contributed by atoms with van der Waals surface area (Å²) in [5, 5.41) is 5.24. The zero-order valence-corrected chi connectivity index (χ0v) is 11.8. The molecule has 0 saturated heterocycles. The molecule has 22 heavy (non-hydrogen) atoms. The second-order valence-corrected chi connectivity index (χ2v) is 4.52. The number of anilines is 1. The summed E-state index contributed by atoms with van der Waals surface area (Å²) in [6.07, 6.45) is 6.50. The van der Waals surface area contributed by atoms with Crippen molar-refractivity contribution >= 4 is 23.7 Å². The second kappa shape index (κ2) is 7.58. The van der Waals surface area contributed by atoms with Crippen LogP contribution in [0.2, 0.25) is 0 Å². The predicted octanol–water partition coefficient (Wildman–Crippen LogP) is 1.90. The van der Waals surface area contributed by atoms with Gasteiger partial charge in [0.1, 0.15) is 0 Å². The lowest BCUT2D eigenvalue weighted by Crippen LogP contribution is -2.20. The first-order chi connectivity index (χ1) is 10.6. The Kier molecular flexibility index (Phi) is 5.25. The van der Waals surface area contributed by atoms with E-state index in [-0.39, 0.29) is 5.91 Å². The number of aromatic nitrogens is 1. The number of hydrogen-bond acceptors (Lipinski definition) is 3. The molecule has 0 bridgehead atoms. The van der Waals surface area contributed by atoms with Crippen LogP contribution in [0.15, 0.2) is 54.9 Å². The Morgan fingerprint density at radius 2 is 1.95 bits per heavy atom. The molecule has 112 valence electrons. The zero-order chi connectivity index (χ0) is 15.8. The first-order valence-corrected chi connectivity index (χ1v) is 6.65. The summed E-state index contributed by atoms with van der Waals surface area (Å²) < 4.78 is 0. The number of amides is 3. The minimum absolute atomic E-state index is 0.191. The Labute approximate surface area is 128 Å².